The van der Waals surface area contributed by atoms with E-state index in [1.165, 1.54) is 37.7 Å². The molecule has 0 fully saturated rings. The predicted molar refractivity (Wildman–Crippen MR) is 71.1 cm³/mol. The van der Waals surface area contributed by atoms with Crippen LogP contribution in [0.25, 0.3) is 11.2 Å². The van der Waals surface area contributed by atoms with Gasteiger partial charge in [0.15, 0.2) is 5.65 Å². The summed E-state index contributed by atoms with van der Waals surface area (Å²) in [6, 6.07) is 2.11. The molecule has 0 spiro atoms. The Kier molecular flexibility index (Phi) is 4.13. The van der Waals surface area contributed by atoms with Crippen LogP contribution in [0.5, 0.6) is 0 Å². The second kappa shape index (κ2) is 5.80. The minimum absolute atomic E-state index is 0.846. The molecule has 2 aromatic heterocycles. The molecule has 2 heterocycles. The molecular weight excluding hydrogens is 210 g/mol. The molecule has 0 aliphatic carbocycles. The number of aryl methyl sites for hydroxylation is 2. The van der Waals surface area contributed by atoms with E-state index in [1.54, 1.807) is 0 Å². The van der Waals surface area contributed by atoms with Crippen molar-refractivity contribution in [3.63, 3.8) is 0 Å². The van der Waals surface area contributed by atoms with Crippen LogP contribution < -0.4 is 0 Å². The van der Waals surface area contributed by atoms with Crippen LogP contribution in [-0.4, -0.2) is 15.0 Å². The predicted octanol–water partition coefficient (Wildman–Crippen LogP) is 3.78. The number of pyridine rings is 1. The molecule has 3 nitrogen and oxygen atoms in total. The Bertz CT molecular complexity index is 473. The van der Waals surface area contributed by atoms with Crippen molar-refractivity contribution >= 4 is 11.2 Å². The van der Waals surface area contributed by atoms with E-state index in [9.17, 15) is 0 Å². The number of nitrogens with zero attached hydrogens (tertiary/aromatic N) is 2. The largest absolute Gasteiger partial charge is 0.341 e. The van der Waals surface area contributed by atoms with Crippen LogP contribution in [0.4, 0.5) is 0 Å². The van der Waals surface area contributed by atoms with Gasteiger partial charge in [-0.05, 0) is 25.0 Å². The first-order valence-corrected chi connectivity index (χ1v) is 6.61. The summed E-state index contributed by atoms with van der Waals surface area (Å²) in [6.45, 7) is 4.30. The molecular formula is C14H21N3. The smallest absolute Gasteiger partial charge is 0.177 e. The number of rotatable bonds is 6. The Hall–Kier alpha value is -1.38. The van der Waals surface area contributed by atoms with Gasteiger partial charge in [-0.2, -0.15) is 0 Å². The zero-order chi connectivity index (χ0) is 12.1. The van der Waals surface area contributed by atoms with Crippen molar-refractivity contribution in [3.05, 3.63) is 23.7 Å². The quantitative estimate of drug-likeness (QED) is 0.769. The highest BCUT2D eigenvalue weighted by atomic mass is 15.0. The number of imidazole rings is 1. The van der Waals surface area contributed by atoms with Crippen molar-refractivity contribution in [2.75, 3.05) is 0 Å². The van der Waals surface area contributed by atoms with Gasteiger partial charge in [-0.25, -0.2) is 9.97 Å². The molecule has 0 saturated carbocycles. The van der Waals surface area contributed by atoms with E-state index in [-0.39, 0.29) is 0 Å². The maximum absolute atomic E-state index is 4.50. The van der Waals surface area contributed by atoms with Crippen LogP contribution in [0.1, 0.15) is 50.4 Å². The molecule has 1 N–H and O–H groups in total. The van der Waals surface area contributed by atoms with Gasteiger partial charge < -0.3 is 4.98 Å². The van der Waals surface area contributed by atoms with Gasteiger partial charge in [0.1, 0.15) is 5.82 Å². The fraction of sp³-hybridized carbons (Fsp3) is 0.571. The Morgan fingerprint density at radius 2 is 2.00 bits per heavy atom. The first-order valence-electron chi connectivity index (χ1n) is 6.61. The Balaban J connectivity index is 1.91. The number of nitrogens with one attached hydrogen (secondary N) is 1. The summed E-state index contributed by atoms with van der Waals surface area (Å²) in [5.74, 6) is 1.08. The van der Waals surface area contributed by atoms with Crippen LogP contribution in [0.2, 0.25) is 0 Å². The second-order valence-electron chi connectivity index (χ2n) is 4.73. The number of aromatic amines is 1. The van der Waals surface area contributed by atoms with Crippen molar-refractivity contribution in [2.24, 2.45) is 0 Å². The molecule has 0 bridgehead atoms. The van der Waals surface area contributed by atoms with Crippen LogP contribution in [-0.2, 0) is 6.42 Å². The minimum atomic E-state index is 0.846. The summed E-state index contributed by atoms with van der Waals surface area (Å²) >= 11 is 0. The van der Waals surface area contributed by atoms with Gasteiger partial charge in [0.2, 0.25) is 0 Å². The topological polar surface area (TPSA) is 41.6 Å². The number of fused-ring (bicyclic) bond motifs is 1. The number of aromatic nitrogens is 3. The number of H-pyrrole nitrogens is 1. The summed E-state index contributed by atoms with van der Waals surface area (Å²) in [4.78, 5) is 12.2. The average molecular weight is 231 g/mol. The molecule has 92 valence electrons. The molecule has 17 heavy (non-hydrogen) atoms. The fourth-order valence-electron chi connectivity index (χ4n) is 2.07. The second-order valence-corrected chi connectivity index (χ2v) is 4.73. The molecule has 0 unspecified atom stereocenters. The zero-order valence-corrected chi connectivity index (χ0v) is 10.8. The van der Waals surface area contributed by atoms with E-state index in [1.807, 2.05) is 6.20 Å². The fourth-order valence-corrected chi connectivity index (χ4v) is 2.07. The van der Waals surface area contributed by atoms with Crippen molar-refractivity contribution in [1.29, 1.82) is 0 Å². The van der Waals surface area contributed by atoms with Crippen LogP contribution in [0, 0.1) is 6.92 Å². The van der Waals surface area contributed by atoms with Gasteiger partial charge in [0, 0.05) is 12.6 Å². The highest BCUT2D eigenvalue weighted by molar-refractivity contribution is 5.70. The van der Waals surface area contributed by atoms with Gasteiger partial charge in [-0.3, -0.25) is 0 Å². The molecule has 2 aromatic rings. The molecule has 0 saturated heterocycles. The Morgan fingerprint density at radius 1 is 1.18 bits per heavy atom. The molecule has 0 atom stereocenters. The molecule has 2 rings (SSSR count). The van der Waals surface area contributed by atoms with Gasteiger partial charge in [-0.1, -0.05) is 32.6 Å². The normalized spacial score (nSPS) is 11.2. The lowest BCUT2D eigenvalue weighted by atomic mass is 10.1. The third-order valence-corrected chi connectivity index (χ3v) is 3.04. The van der Waals surface area contributed by atoms with E-state index >= 15 is 0 Å². The van der Waals surface area contributed by atoms with Gasteiger partial charge in [0.25, 0.3) is 0 Å². The molecule has 0 aromatic carbocycles. The maximum Gasteiger partial charge on any atom is 0.177 e. The van der Waals surface area contributed by atoms with Crippen LogP contribution in [0.3, 0.4) is 0 Å². The third kappa shape index (κ3) is 3.29. The zero-order valence-electron chi connectivity index (χ0n) is 10.8. The minimum Gasteiger partial charge on any atom is -0.341 e. The Labute approximate surface area is 103 Å². The van der Waals surface area contributed by atoms with Crippen molar-refractivity contribution in [3.8, 4) is 0 Å². The molecule has 0 aliphatic rings. The van der Waals surface area contributed by atoms with E-state index in [0.29, 0.717) is 0 Å². The van der Waals surface area contributed by atoms with Crippen molar-refractivity contribution in [1.82, 2.24) is 15.0 Å². The van der Waals surface area contributed by atoms with E-state index < -0.39 is 0 Å². The monoisotopic (exact) mass is 231 g/mol. The highest BCUT2D eigenvalue weighted by Crippen LogP contribution is 2.12. The third-order valence-electron chi connectivity index (χ3n) is 3.04. The molecule has 3 heteroatoms. The standard InChI is InChI=1S/C14H21N3/c1-3-4-5-6-7-8-13-16-12-9-11(2)10-15-14(12)17-13/h9-10H,3-8H2,1-2H3,(H,15,16,17). The first kappa shape index (κ1) is 12.1. The average Bonchev–Trinajstić information content (AvgIpc) is 2.70. The molecule has 0 amide bonds. The summed E-state index contributed by atoms with van der Waals surface area (Å²) in [6.07, 6.45) is 9.42. The van der Waals surface area contributed by atoms with Crippen molar-refractivity contribution in [2.45, 2.75) is 52.4 Å². The van der Waals surface area contributed by atoms with Gasteiger partial charge in [0.05, 0.1) is 5.52 Å². The number of hydrogen-bond acceptors (Lipinski definition) is 2. The van der Waals surface area contributed by atoms with E-state index in [2.05, 4.69) is 34.9 Å². The van der Waals surface area contributed by atoms with E-state index in [4.69, 9.17) is 0 Å². The van der Waals surface area contributed by atoms with Crippen molar-refractivity contribution < 1.29 is 0 Å². The summed E-state index contributed by atoms with van der Waals surface area (Å²) < 4.78 is 0. The number of hydrogen-bond donors (Lipinski definition) is 1. The van der Waals surface area contributed by atoms with E-state index in [0.717, 1.165) is 23.4 Å². The van der Waals surface area contributed by atoms with Crippen LogP contribution >= 0.6 is 0 Å². The first-order chi connectivity index (χ1) is 8.29. The molecule has 0 radical (unpaired) electrons. The molecule has 0 aliphatic heterocycles. The van der Waals surface area contributed by atoms with Crippen LogP contribution in [0.15, 0.2) is 12.3 Å². The SMILES string of the molecule is CCCCCCCc1nc2ncc(C)cc2[nH]1. The maximum atomic E-state index is 4.50. The lowest BCUT2D eigenvalue weighted by Crippen LogP contribution is -1.88. The van der Waals surface area contributed by atoms with Gasteiger partial charge >= 0.3 is 0 Å². The summed E-state index contributed by atoms with van der Waals surface area (Å²) in [5, 5.41) is 0. The lowest BCUT2D eigenvalue weighted by Gasteiger charge is -1.97. The lowest BCUT2D eigenvalue weighted by molar-refractivity contribution is 0.625. The summed E-state index contributed by atoms with van der Waals surface area (Å²) in [5.41, 5.74) is 3.09. The summed E-state index contributed by atoms with van der Waals surface area (Å²) in [7, 11) is 0. The highest BCUT2D eigenvalue weighted by Gasteiger charge is 2.03. The Morgan fingerprint density at radius 3 is 2.82 bits per heavy atom. The number of unbranched alkanes of at least 4 members (excludes halogenated alkanes) is 4. The van der Waals surface area contributed by atoms with Gasteiger partial charge in [-0.15, -0.1) is 0 Å².